The van der Waals surface area contributed by atoms with Crippen LogP contribution in [0, 0.1) is 12.8 Å². The Morgan fingerprint density at radius 2 is 2.13 bits per heavy atom. The molecule has 1 saturated heterocycles. The van der Waals surface area contributed by atoms with E-state index in [4.69, 9.17) is 5.73 Å². The molecule has 1 aromatic carbocycles. The Morgan fingerprint density at radius 3 is 2.80 bits per heavy atom. The van der Waals surface area contributed by atoms with Crippen LogP contribution in [0.15, 0.2) is 18.2 Å². The molecular formula is C13H20N2. The predicted octanol–water partition coefficient (Wildman–Crippen LogP) is 2.42. The maximum atomic E-state index is 5.89. The van der Waals surface area contributed by atoms with Crippen molar-refractivity contribution in [3.63, 3.8) is 0 Å². The zero-order chi connectivity index (χ0) is 10.8. The number of hydrogen-bond acceptors (Lipinski definition) is 2. The van der Waals surface area contributed by atoms with Crippen LogP contribution in [0.25, 0.3) is 0 Å². The third kappa shape index (κ3) is 2.15. The summed E-state index contributed by atoms with van der Waals surface area (Å²) in [5.41, 5.74) is 9.43. The molecule has 0 aliphatic carbocycles. The second-order valence-electron chi connectivity index (χ2n) is 4.60. The lowest BCUT2D eigenvalue weighted by Gasteiger charge is -2.39. The molecule has 0 atom stereocenters. The second kappa shape index (κ2) is 4.23. The van der Waals surface area contributed by atoms with E-state index < -0.39 is 0 Å². The average Bonchev–Trinajstić information content (AvgIpc) is 2.17. The largest absolute Gasteiger partial charge is 0.399 e. The highest BCUT2D eigenvalue weighted by Gasteiger charge is 2.24. The first-order valence-corrected chi connectivity index (χ1v) is 5.77. The summed E-state index contributed by atoms with van der Waals surface area (Å²) in [6.07, 6.45) is 1.31. The quantitative estimate of drug-likeness (QED) is 0.766. The van der Waals surface area contributed by atoms with Crippen molar-refractivity contribution in [3.8, 4) is 0 Å². The molecule has 2 N–H and O–H groups in total. The Hall–Kier alpha value is -1.02. The van der Waals surface area contributed by atoms with Crippen molar-refractivity contribution in [2.24, 2.45) is 5.92 Å². The minimum Gasteiger partial charge on any atom is -0.399 e. The maximum Gasteiger partial charge on any atom is 0.0346 e. The van der Waals surface area contributed by atoms with Gasteiger partial charge in [0, 0.05) is 25.3 Å². The van der Waals surface area contributed by atoms with Gasteiger partial charge in [-0.25, -0.2) is 0 Å². The minimum absolute atomic E-state index is 0.917. The van der Waals surface area contributed by atoms with Crippen LogP contribution >= 0.6 is 0 Å². The summed E-state index contributed by atoms with van der Waals surface area (Å²) in [5, 5.41) is 0. The number of benzene rings is 1. The molecule has 1 aliphatic heterocycles. The van der Waals surface area contributed by atoms with Crippen LogP contribution < -0.4 is 5.73 Å². The Bertz CT molecular complexity index is 340. The molecule has 1 fully saturated rings. The molecule has 1 heterocycles. The van der Waals surface area contributed by atoms with E-state index in [0.717, 1.165) is 18.2 Å². The second-order valence-corrected chi connectivity index (χ2v) is 4.60. The van der Waals surface area contributed by atoms with E-state index in [1.807, 2.05) is 6.07 Å². The summed E-state index contributed by atoms with van der Waals surface area (Å²) < 4.78 is 0. The Balaban J connectivity index is 1.97. The van der Waals surface area contributed by atoms with Crippen molar-refractivity contribution in [1.82, 2.24) is 4.90 Å². The van der Waals surface area contributed by atoms with Crippen LogP contribution in [0.5, 0.6) is 0 Å². The molecule has 0 bridgehead atoms. The molecule has 0 aromatic heterocycles. The van der Waals surface area contributed by atoms with Crippen molar-refractivity contribution in [3.05, 3.63) is 29.3 Å². The zero-order valence-electron chi connectivity index (χ0n) is 9.66. The third-order valence-electron chi connectivity index (χ3n) is 3.49. The number of anilines is 1. The summed E-state index contributed by atoms with van der Waals surface area (Å²) in [5.74, 6) is 0.923. The lowest BCUT2D eigenvalue weighted by atomic mass is 9.96. The zero-order valence-corrected chi connectivity index (χ0v) is 9.66. The highest BCUT2D eigenvalue weighted by Crippen LogP contribution is 2.23. The Labute approximate surface area is 92.1 Å². The van der Waals surface area contributed by atoms with Gasteiger partial charge in [0.25, 0.3) is 0 Å². The fourth-order valence-electron chi connectivity index (χ4n) is 2.18. The topological polar surface area (TPSA) is 29.3 Å². The van der Waals surface area contributed by atoms with Gasteiger partial charge in [-0.05, 0) is 30.0 Å². The molecule has 15 heavy (non-hydrogen) atoms. The van der Waals surface area contributed by atoms with Crippen molar-refractivity contribution >= 4 is 5.69 Å². The van der Waals surface area contributed by atoms with Gasteiger partial charge in [0.2, 0.25) is 0 Å². The number of nitrogen functional groups attached to an aromatic ring is 1. The van der Waals surface area contributed by atoms with E-state index in [1.165, 1.54) is 30.6 Å². The molecule has 82 valence electrons. The van der Waals surface area contributed by atoms with Crippen molar-refractivity contribution in [2.75, 3.05) is 18.8 Å². The van der Waals surface area contributed by atoms with Crippen LogP contribution in [0.2, 0.25) is 0 Å². The summed E-state index contributed by atoms with van der Waals surface area (Å²) in [4.78, 5) is 2.50. The molecule has 0 saturated carbocycles. The van der Waals surface area contributed by atoms with Gasteiger partial charge in [0.1, 0.15) is 0 Å². The summed E-state index contributed by atoms with van der Waals surface area (Å²) in [7, 11) is 0. The van der Waals surface area contributed by atoms with Crippen LogP contribution in [-0.4, -0.2) is 18.0 Å². The van der Waals surface area contributed by atoms with Crippen molar-refractivity contribution < 1.29 is 0 Å². The van der Waals surface area contributed by atoms with Gasteiger partial charge in [0.05, 0.1) is 0 Å². The molecule has 0 unspecified atom stereocenters. The molecular weight excluding hydrogens is 184 g/mol. The summed E-state index contributed by atoms with van der Waals surface area (Å²) in [6, 6.07) is 6.21. The van der Waals surface area contributed by atoms with Crippen LogP contribution in [0.1, 0.15) is 24.5 Å². The average molecular weight is 204 g/mol. The molecule has 1 aromatic rings. The SMILES string of the molecule is CCC1CN(Cc2cccc(N)c2C)C1. The van der Waals surface area contributed by atoms with Gasteiger partial charge in [-0.3, -0.25) is 4.90 Å². The van der Waals surface area contributed by atoms with E-state index in [9.17, 15) is 0 Å². The first-order valence-electron chi connectivity index (χ1n) is 5.77. The first-order chi connectivity index (χ1) is 7.20. The van der Waals surface area contributed by atoms with Crippen molar-refractivity contribution in [2.45, 2.75) is 26.8 Å². The number of nitrogens with zero attached hydrogens (tertiary/aromatic N) is 1. The van der Waals surface area contributed by atoms with Crippen LogP contribution in [0.3, 0.4) is 0 Å². The minimum atomic E-state index is 0.917. The molecule has 2 rings (SSSR count). The fraction of sp³-hybridized carbons (Fsp3) is 0.538. The normalized spacial score (nSPS) is 17.7. The lowest BCUT2D eigenvalue weighted by molar-refractivity contribution is 0.0897. The molecule has 0 radical (unpaired) electrons. The predicted molar refractivity (Wildman–Crippen MR) is 64.6 cm³/mol. The van der Waals surface area contributed by atoms with Gasteiger partial charge >= 0.3 is 0 Å². The van der Waals surface area contributed by atoms with E-state index >= 15 is 0 Å². The van der Waals surface area contributed by atoms with Gasteiger partial charge in [0.15, 0.2) is 0 Å². The summed E-state index contributed by atoms with van der Waals surface area (Å²) >= 11 is 0. The van der Waals surface area contributed by atoms with Gasteiger partial charge in [-0.2, -0.15) is 0 Å². The molecule has 0 amide bonds. The number of rotatable bonds is 3. The standard InChI is InChI=1S/C13H20N2/c1-3-11-7-15(8-11)9-12-5-4-6-13(14)10(12)2/h4-6,11H,3,7-9,14H2,1-2H3. The van der Waals surface area contributed by atoms with E-state index in [2.05, 4.69) is 30.9 Å². The molecule has 1 aliphatic rings. The Kier molecular flexibility index (Phi) is 2.96. The number of nitrogens with two attached hydrogens (primary N) is 1. The van der Waals surface area contributed by atoms with Gasteiger partial charge < -0.3 is 5.73 Å². The highest BCUT2D eigenvalue weighted by atomic mass is 15.2. The number of hydrogen-bond donors (Lipinski definition) is 1. The maximum absolute atomic E-state index is 5.89. The highest BCUT2D eigenvalue weighted by molar-refractivity contribution is 5.49. The van der Waals surface area contributed by atoms with E-state index in [1.54, 1.807) is 0 Å². The number of likely N-dealkylation sites (tertiary alicyclic amines) is 1. The molecule has 0 spiro atoms. The first kappa shape index (κ1) is 10.5. The molecule has 2 nitrogen and oxygen atoms in total. The van der Waals surface area contributed by atoms with Gasteiger partial charge in [-0.1, -0.05) is 25.5 Å². The van der Waals surface area contributed by atoms with Crippen LogP contribution in [0.4, 0.5) is 5.69 Å². The van der Waals surface area contributed by atoms with Crippen LogP contribution in [-0.2, 0) is 6.54 Å². The van der Waals surface area contributed by atoms with E-state index in [-0.39, 0.29) is 0 Å². The lowest BCUT2D eigenvalue weighted by Crippen LogP contribution is -2.45. The fourth-order valence-corrected chi connectivity index (χ4v) is 2.18. The Morgan fingerprint density at radius 1 is 1.40 bits per heavy atom. The molecule has 2 heteroatoms. The smallest absolute Gasteiger partial charge is 0.0346 e. The van der Waals surface area contributed by atoms with Crippen molar-refractivity contribution in [1.29, 1.82) is 0 Å². The monoisotopic (exact) mass is 204 g/mol. The summed E-state index contributed by atoms with van der Waals surface area (Å²) in [6.45, 7) is 7.96. The third-order valence-corrected chi connectivity index (χ3v) is 3.49. The van der Waals surface area contributed by atoms with Gasteiger partial charge in [-0.15, -0.1) is 0 Å². The van der Waals surface area contributed by atoms with E-state index in [0.29, 0.717) is 0 Å².